The van der Waals surface area contributed by atoms with Gasteiger partial charge in [-0.15, -0.1) is 11.3 Å². The molecule has 0 radical (unpaired) electrons. The van der Waals surface area contributed by atoms with Gasteiger partial charge < -0.3 is 5.11 Å². The molecule has 1 aliphatic rings. The maximum atomic E-state index is 12.5. The van der Waals surface area contributed by atoms with Crippen LogP contribution in [0.5, 0.6) is 0 Å². The summed E-state index contributed by atoms with van der Waals surface area (Å²) in [6.07, 6.45) is 2.60. The minimum atomic E-state index is 0.00378. The zero-order valence-corrected chi connectivity index (χ0v) is 14.1. The van der Waals surface area contributed by atoms with Gasteiger partial charge in [0.2, 0.25) is 0 Å². The number of thiophene rings is 1. The molecule has 1 aliphatic heterocycles. The van der Waals surface area contributed by atoms with Crippen molar-refractivity contribution in [1.29, 1.82) is 0 Å². The van der Waals surface area contributed by atoms with Crippen molar-refractivity contribution in [2.75, 3.05) is 19.7 Å². The predicted octanol–water partition coefficient (Wildman–Crippen LogP) is 2.05. The fourth-order valence-corrected chi connectivity index (χ4v) is 4.25. The van der Waals surface area contributed by atoms with Crippen molar-refractivity contribution in [3.8, 4) is 0 Å². The van der Waals surface area contributed by atoms with E-state index in [4.69, 9.17) is 0 Å². The number of aliphatic hydroxyl groups excluding tert-OH is 1. The Labute approximate surface area is 143 Å². The van der Waals surface area contributed by atoms with Crippen molar-refractivity contribution in [2.24, 2.45) is 0 Å². The van der Waals surface area contributed by atoms with E-state index in [0.29, 0.717) is 11.2 Å². The molecule has 1 N–H and O–H groups in total. The van der Waals surface area contributed by atoms with Gasteiger partial charge in [0.25, 0.3) is 5.56 Å². The normalized spacial score (nSPS) is 18.0. The number of hydrogen-bond acceptors (Lipinski definition) is 5. The lowest BCUT2D eigenvalue weighted by Crippen LogP contribution is -2.40. The summed E-state index contributed by atoms with van der Waals surface area (Å²) in [5.41, 5.74) is 3.30. The number of aromatic nitrogens is 2. The Morgan fingerprint density at radius 2 is 2.12 bits per heavy atom. The molecule has 5 nitrogen and oxygen atoms in total. The van der Waals surface area contributed by atoms with Gasteiger partial charge in [-0.25, -0.2) is 4.98 Å². The van der Waals surface area contributed by atoms with Gasteiger partial charge in [0.15, 0.2) is 0 Å². The first-order valence-electron chi connectivity index (χ1n) is 8.13. The van der Waals surface area contributed by atoms with Crippen LogP contribution in [0.25, 0.3) is 10.2 Å². The summed E-state index contributed by atoms with van der Waals surface area (Å²) >= 11 is 1.44. The first-order chi connectivity index (χ1) is 11.8. The number of benzene rings is 1. The zero-order chi connectivity index (χ0) is 16.5. The van der Waals surface area contributed by atoms with E-state index in [2.05, 4.69) is 22.0 Å². The van der Waals surface area contributed by atoms with Gasteiger partial charge in [-0.3, -0.25) is 14.3 Å². The number of aliphatic hydroxyl groups is 1. The van der Waals surface area contributed by atoms with Crippen LogP contribution < -0.4 is 5.56 Å². The third kappa shape index (κ3) is 2.66. The Bertz CT molecular complexity index is 918. The zero-order valence-electron chi connectivity index (χ0n) is 13.3. The highest BCUT2D eigenvalue weighted by Gasteiger charge is 2.26. The summed E-state index contributed by atoms with van der Waals surface area (Å²) in [6.45, 7) is 2.29. The molecule has 24 heavy (non-hydrogen) atoms. The van der Waals surface area contributed by atoms with Crippen molar-refractivity contribution in [1.82, 2.24) is 14.5 Å². The molecule has 0 fully saturated rings. The molecule has 1 atom stereocenters. The van der Waals surface area contributed by atoms with Gasteiger partial charge in [-0.05, 0) is 29.0 Å². The van der Waals surface area contributed by atoms with Crippen molar-refractivity contribution >= 4 is 21.6 Å². The molecule has 3 heterocycles. The van der Waals surface area contributed by atoms with E-state index < -0.39 is 0 Å². The van der Waals surface area contributed by atoms with Crippen LogP contribution in [-0.4, -0.2) is 39.3 Å². The van der Waals surface area contributed by atoms with Gasteiger partial charge in [0.05, 0.1) is 24.5 Å². The third-order valence-corrected chi connectivity index (χ3v) is 5.65. The third-order valence-electron chi connectivity index (χ3n) is 4.76. The molecule has 0 spiro atoms. The molecule has 124 valence electrons. The van der Waals surface area contributed by atoms with Crippen LogP contribution in [0.4, 0.5) is 0 Å². The molecule has 1 unspecified atom stereocenters. The molecule has 0 bridgehead atoms. The smallest absolute Gasteiger partial charge is 0.271 e. The Morgan fingerprint density at radius 1 is 1.25 bits per heavy atom. The highest BCUT2D eigenvalue weighted by atomic mass is 32.1. The lowest BCUT2D eigenvalue weighted by Gasteiger charge is -2.36. The SMILES string of the molecule is O=c1c2sccc2ncn1CCN1CCc2ccccc2C1CO. The summed E-state index contributed by atoms with van der Waals surface area (Å²) in [4.78, 5) is 19.1. The van der Waals surface area contributed by atoms with Gasteiger partial charge >= 0.3 is 0 Å². The van der Waals surface area contributed by atoms with Crippen molar-refractivity contribution in [3.05, 3.63) is 63.5 Å². The van der Waals surface area contributed by atoms with Crippen LogP contribution in [-0.2, 0) is 13.0 Å². The average Bonchev–Trinajstić information content (AvgIpc) is 3.10. The number of hydrogen-bond donors (Lipinski definition) is 1. The maximum Gasteiger partial charge on any atom is 0.271 e. The fraction of sp³-hybridized carbons (Fsp3) is 0.333. The first-order valence-corrected chi connectivity index (χ1v) is 9.01. The lowest BCUT2D eigenvalue weighted by atomic mass is 9.93. The first kappa shape index (κ1) is 15.5. The van der Waals surface area contributed by atoms with Gasteiger partial charge in [-0.1, -0.05) is 24.3 Å². The van der Waals surface area contributed by atoms with Crippen LogP contribution in [0.3, 0.4) is 0 Å². The minimum absolute atomic E-state index is 0.00378. The van der Waals surface area contributed by atoms with Crippen LogP contribution in [0.2, 0.25) is 0 Å². The number of rotatable bonds is 4. The molecule has 3 aromatic rings. The fourth-order valence-electron chi connectivity index (χ4n) is 3.46. The molecule has 0 aliphatic carbocycles. The van der Waals surface area contributed by atoms with E-state index in [1.807, 2.05) is 23.6 Å². The second kappa shape index (κ2) is 6.47. The minimum Gasteiger partial charge on any atom is -0.394 e. The molecule has 2 aromatic heterocycles. The second-order valence-corrected chi connectivity index (χ2v) is 6.98. The van der Waals surface area contributed by atoms with Crippen molar-refractivity contribution < 1.29 is 5.11 Å². The van der Waals surface area contributed by atoms with Crippen molar-refractivity contribution in [2.45, 2.75) is 19.0 Å². The van der Waals surface area contributed by atoms with Crippen LogP contribution >= 0.6 is 11.3 Å². The average molecular weight is 341 g/mol. The molecular formula is C18H19N3O2S. The molecule has 0 saturated carbocycles. The Hall–Kier alpha value is -2.02. The van der Waals surface area contributed by atoms with Gasteiger partial charge in [0, 0.05) is 19.6 Å². The summed E-state index contributed by atoms with van der Waals surface area (Å²) in [7, 11) is 0. The van der Waals surface area contributed by atoms with E-state index in [0.717, 1.165) is 25.0 Å². The van der Waals surface area contributed by atoms with Crippen molar-refractivity contribution in [3.63, 3.8) is 0 Å². The standard InChI is InChI=1S/C18H19N3O2S/c22-11-16-14-4-2-1-3-13(14)5-7-20(16)8-9-21-12-19-15-6-10-24-17(15)18(21)23/h1-4,6,10,12,16,22H,5,7-9,11H2. The molecule has 0 saturated heterocycles. The highest BCUT2D eigenvalue weighted by molar-refractivity contribution is 7.17. The van der Waals surface area contributed by atoms with E-state index >= 15 is 0 Å². The Balaban J connectivity index is 1.55. The topological polar surface area (TPSA) is 58.4 Å². The van der Waals surface area contributed by atoms with E-state index in [1.54, 1.807) is 10.9 Å². The largest absolute Gasteiger partial charge is 0.394 e. The number of fused-ring (bicyclic) bond motifs is 2. The highest BCUT2D eigenvalue weighted by Crippen LogP contribution is 2.28. The molecule has 1 aromatic carbocycles. The molecule has 0 amide bonds. The Morgan fingerprint density at radius 3 is 3.00 bits per heavy atom. The van der Waals surface area contributed by atoms with Gasteiger partial charge in [0.1, 0.15) is 4.70 Å². The van der Waals surface area contributed by atoms with E-state index in [1.165, 1.54) is 22.5 Å². The summed E-state index contributed by atoms with van der Waals surface area (Å²) in [5, 5.41) is 11.7. The van der Waals surface area contributed by atoms with Crippen LogP contribution in [0.1, 0.15) is 17.2 Å². The molecule has 4 rings (SSSR count). The summed E-state index contributed by atoms with van der Waals surface area (Å²) in [5.74, 6) is 0. The van der Waals surface area contributed by atoms with Gasteiger partial charge in [-0.2, -0.15) is 0 Å². The van der Waals surface area contributed by atoms with Crippen LogP contribution in [0.15, 0.2) is 46.8 Å². The van der Waals surface area contributed by atoms with E-state index in [-0.39, 0.29) is 18.2 Å². The quantitative estimate of drug-likeness (QED) is 0.789. The molecule has 6 heteroatoms. The lowest BCUT2D eigenvalue weighted by molar-refractivity contribution is 0.110. The van der Waals surface area contributed by atoms with Crippen LogP contribution in [0, 0.1) is 0 Å². The maximum absolute atomic E-state index is 12.5. The summed E-state index contributed by atoms with van der Waals surface area (Å²) in [6, 6.07) is 10.2. The monoisotopic (exact) mass is 341 g/mol. The predicted molar refractivity (Wildman–Crippen MR) is 95.4 cm³/mol. The van der Waals surface area contributed by atoms with E-state index in [9.17, 15) is 9.90 Å². The summed E-state index contributed by atoms with van der Waals surface area (Å²) < 4.78 is 2.38. The Kier molecular flexibility index (Phi) is 4.18. The second-order valence-electron chi connectivity index (χ2n) is 6.06. The molecular weight excluding hydrogens is 322 g/mol. The number of nitrogens with zero attached hydrogens (tertiary/aromatic N) is 3.